The molecule has 0 aliphatic carbocycles. The third kappa shape index (κ3) is 2.94. The molecule has 0 bridgehead atoms. The molecule has 0 spiro atoms. The van der Waals surface area contributed by atoms with E-state index in [1.807, 2.05) is 0 Å². The molecule has 20 heavy (non-hydrogen) atoms. The number of aromatic hydroxyl groups is 1. The van der Waals surface area contributed by atoms with Crippen LogP contribution in [0.1, 0.15) is 12.8 Å². The second-order valence-electron chi connectivity index (χ2n) is 4.70. The topological polar surface area (TPSA) is 83.9 Å². The van der Waals surface area contributed by atoms with Crippen molar-refractivity contribution in [1.82, 2.24) is 4.31 Å². The lowest BCUT2D eigenvalue weighted by Gasteiger charge is -2.29. The molecule has 0 unspecified atom stereocenters. The van der Waals surface area contributed by atoms with E-state index in [-0.39, 0.29) is 35.6 Å². The summed E-state index contributed by atoms with van der Waals surface area (Å²) in [6.45, 7) is 0.551. The maximum Gasteiger partial charge on any atom is 0.308 e. The Morgan fingerprint density at radius 1 is 1.35 bits per heavy atom. The second kappa shape index (κ2) is 5.80. The first-order chi connectivity index (χ1) is 9.45. The van der Waals surface area contributed by atoms with Crippen LogP contribution in [0.25, 0.3) is 0 Å². The van der Waals surface area contributed by atoms with Crippen molar-refractivity contribution >= 4 is 16.0 Å². The maximum absolute atomic E-state index is 12.4. The minimum atomic E-state index is -3.62. The third-order valence-corrected chi connectivity index (χ3v) is 5.34. The monoisotopic (exact) mass is 299 g/mol. The van der Waals surface area contributed by atoms with Gasteiger partial charge in [0.05, 0.1) is 17.9 Å². The average Bonchev–Trinajstić information content (AvgIpc) is 2.46. The molecule has 1 aliphatic rings. The molecular weight excluding hydrogens is 282 g/mol. The van der Waals surface area contributed by atoms with Gasteiger partial charge in [-0.25, -0.2) is 8.42 Å². The maximum atomic E-state index is 12.4. The van der Waals surface area contributed by atoms with Gasteiger partial charge in [0.15, 0.2) is 0 Å². The van der Waals surface area contributed by atoms with E-state index < -0.39 is 10.0 Å². The van der Waals surface area contributed by atoms with E-state index in [1.54, 1.807) is 0 Å². The minimum absolute atomic E-state index is 0.0639. The molecule has 1 aliphatic heterocycles. The number of nitrogens with zero attached hydrogens (tertiary/aromatic N) is 1. The first-order valence-corrected chi connectivity index (χ1v) is 7.76. The summed E-state index contributed by atoms with van der Waals surface area (Å²) >= 11 is 0. The molecule has 0 atom stereocenters. The highest BCUT2D eigenvalue weighted by molar-refractivity contribution is 7.89. The Labute approximate surface area is 118 Å². The van der Waals surface area contributed by atoms with Crippen LogP contribution >= 0.6 is 0 Å². The Morgan fingerprint density at radius 2 is 2.00 bits per heavy atom. The number of phenolic OH excluding ortho intramolecular Hbond substituents is 1. The zero-order valence-electron chi connectivity index (χ0n) is 11.2. The Morgan fingerprint density at radius 3 is 2.55 bits per heavy atom. The lowest BCUT2D eigenvalue weighted by atomic mass is 9.99. The first kappa shape index (κ1) is 14.8. The summed E-state index contributed by atoms with van der Waals surface area (Å²) in [5.41, 5.74) is 0. The number of piperidine rings is 1. The van der Waals surface area contributed by atoms with E-state index in [2.05, 4.69) is 4.74 Å². The number of hydrogen-bond acceptors (Lipinski definition) is 5. The summed E-state index contributed by atoms with van der Waals surface area (Å²) in [6.07, 6.45) is 0.898. The zero-order chi connectivity index (χ0) is 14.8. The van der Waals surface area contributed by atoms with Crippen molar-refractivity contribution in [3.63, 3.8) is 0 Å². The van der Waals surface area contributed by atoms with Crippen molar-refractivity contribution in [2.24, 2.45) is 5.92 Å². The van der Waals surface area contributed by atoms with Crippen LogP contribution in [-0.2, 0) is 19.6 Å². The standard InChI is InChI=1S/C13H17NO5S/c1-19-13(16)10-5-7-14(8-6-10)20(17,18)12-4-2-3-11(15)9-12/h2-4,9-10,15H,5-8H2,1H3. The number of phenols is 1. The minimum Gasteiger partial charge on any atom is -0.508 e. The number of methoxy groups -OCH3 is 1. The van der Waals surface area contributed by atoms with Gasteiger partial charge in [-0.3, -0.25) is 4.79 Å². The molecule has 1 aromatic rings. The molecule has 1 heterocycles. The van der Waals surface area contributed by atoms with Crippen LogP contribution in [0.4, 0.5) is 0 Å². The molecule has 0 saturated carbocycles. The molecule has 110 valence electrons. The summed E-state index contributed by atoms with van der Waals surface area (Å²) in [6, 6.07) is 5.58. The molecule has 0 radical (unpaired) electrons. The SMILES string of the molecule is COC(=O)C1CCN(S(=O)(=O)c2cccc(O)c2)CC1. The van der Waals surface area contributed by atoms with Crippen LogP contribution in [-0.4, -0.2) is 44.0 Å². The van der Waals surface area contributed by atoms with Gasteiger partial charge in [0, 0.05) is 13.1 Å². The summed E-state index contributed by atoms with van der Waals surface area (Å²) in [5, 5.41) is 9.38. The smallest absolute Gasteiger partial charge is 0.308 e. The van der Waals surface area contributed by atoms with Crippen molar-refractivity contribution < 1.29 is 23.1 Å². The van der Waals surface area contributed by atoms with E-state index in [1.165, 1.54) is 35.7 Å². The van der Waals surface area contributed by atoms with Crippen LogP contribution in [0, 0.1) is 5.92 Å². The normalized spacial score (nSPS) is 17.9. The van der Waals surface area contributed by atoms with Crippen molar-refractivity contribution in [2.45, 2.75) is 17.7 Å². The van der Waals surface area contributed by atoms with Crippen molar-refractivity contribution in [2.75, 3.05) is 20.2 Å². The highest BCUT2D eigenvalue weighted by Gasteiger charge is 2.32. The largest absolute Gasteiger partial charge is 0.508 e. The Hall–Kier alpha value is -1.60. The molecule has 2 rings (SSSR count). The molecule has 1 N–H and O–H groups in total. The zero-order valence-corrected chi connectivity index (χ0v) is 12.0. The van der Waals surface area contributed by atoms with Gasteiger partial charge >= 0.3 is 5.97 Å². The predicted molar refractivity (Wildman–Crippen MR) is 71.6 cm³/mol. The summed E-state index contributed by atoms with van der Waals surface area (Å²) < 4.78 is 30.8. The van der Waals surface area contributed by atoms with Crippen LogP contribution in [0.3, 0.4) is 0 Å². The fraction of sp³-hybridized carbons (Fsp3) is 0.462. The number of rotatable bonds is 3. The molecule has 1 saturated heterocycles. The number of carbonyl (C=O) groups excluding carboxylic acids is 1. The van der Waals surface area contributed by atoms with Gasteiger partial charge in [0.2, 0.25) is 10.0 Å². The number of carbonyl (C=O) groups is 1. The van der Waals surface area contributed by atoms with E-state index >= 15 is 0 Å². The van der Waals surface area contributed by atoms with Crippen molar-refractivity contribution in [1.29, 1.82) is 0 Å². The number of benzene rings is 1. The fourth-order valence-corrected chi connectivity index (χ4v) is 3.80. The number of esters is 1. The van der Waals surface area contributed by atoms with Crippen LogP contribution in [0.5, 0.6) is 5.75 Å². The van der Waals surface area contributed by atoms with Gasteiger partial charge in [-0.15, -0.1) is 0 Å². The quantitative estimate of drug-likeness (QED) is 0.841. The molecule has 0 aromatic heterocycles. The molecule has 1 aromatic carbocycles. The Bertz CT molecular complexity index is 591. The van der Waals surface area contributed by atoms with E-state index in [4.69, 9.17) is 0 Å². The van der Waals surface area contributed by atoms with Crippen molar-refractivity contribution in [3.8, 4) is 5.75 Å². The average molecular weight is 299 g/mol. The van der Waals surface area contributed by atoms with Crippen LogP contribution in [0.2, 0.25) is 0 Å². The van der Waals surface area contributed by atoms with Crippen LogP contribution < -0.4 is 0 Å². The summed E-state index contributed by atoms with van der Waals surface area (Å²) in [4.78, 5) is 11.5. The van der Waals surface area contributed by atoms with Gasteiger partial charge in [-0.1, -0.05) is 6.07 Å². The number of ether oxygens (including phenoxy) is 1. The van der Waals surface area contributed by atoms with E-state index in [0.29, 0.717) is 12.8 Å². The van der Waals surface area contributed by atoms with Gasteiger partial charge in [-0.05, 0) is 31.0 Å². The van der Waals surface area contributed by atoms with Gasteiger partial charge < -0.3 is 9.84 Å². The molecule has 7 heteroatoms. The third-order valence-electron chi connectivity index (χ3n) is 3.44. The highest BCUT2D eigenvalue weighted by atomic mass is 32.2. The van der Waals surface area contributed by atoms with Gasteiger partial charge in [0.1, 0.15) is 5.75 Å². The van der Waals surface area contributed by atoms with Gasteiger partial charge in [-0.2, -0.15) is 4.31 Å². The van der Waals surface area contributed by atoms with Gasteiger partial charge in [0.25, 0.3) is 0 Å². The predicted octanol–water partition coefficient (Wildman–Crippen LogP) is 0.966. The summed E-state index contributed by atoms with van der Waals surface area (Å²) in [5.74, 6) is -0.620. The van der Waals surface area contributed by atoms with Crippen LogP contribution in [0.15, 0.2) is 29.2 Å². The second-order valence-corrected chi connectivity index (χ2v) is 6.64. The number of sulfonamides is 1. The lowest BCUT2D eigenvalue weighted by molar-refractivity contribution is -0.146. The molecule has 0 amide bonds. The van der Waals surface area contributed by atoms with Crippen molar-refractivity contribution in [3.05, 3.63) is 24.3 Å². The Balaban J connectivity index is 2.11. The number of hydrogen-bond donors (Lipinski definition) is 1. The first-order valence-electron chi connectivity index (χ1n) is 6.32. The molecule has 6 nitrogen and oxygen atoms in total. The summed E-state index contributed by atoms with van der Waals surface area (Å²) in [7, 11) is -2.29. The highest BCUT2D eigenvalue weighted by Crippen LogP contribution is 2.25. The molecular formula is C13H17NO5S. The van der Waals surface area contributed by atoms with E-state index in [9.17, 15) is 18.3 Å². The Kier molecular flexibility index (Phi) is 4.29. The van der Waals surface area contributed by atoms with E-state index in [0.717, 1.165) is 0 Å². The lowest BCUT2D eigenvalue weighted by Crippen LogP contribution is -2.40. The molecule has 1 fully saturated rings. The fourth-order valence-electron chi connectivity index (χ4n) is 2.29.